The van der Waals surface area contributed by atoms with Gasteiger partial charge in [-0.05, 0) is 23.6 Å². The number of carbonyl (C=O) groups is 2. The van der Waals surface area contributed by atoms with E-state index in [1.165, 1.54) is 11.3 Å². The number of piperazine rings is 1. The predicted octanol–water partition coefficient (Wildman–Crippen LogP) is 2.06. The van der Waals surface area contributed by atoms with E-state index in [0.29, 0.717) is 23.7 Å². The van der Waals surface area contributed by atoms with E-state index in [1.807, 2.05) is 28.5 Å². The predicted molar refractivity (Wildman–Crippen MR) is 91.0 cm³/mol. The van der Waals surface area contributed by atoms with Crippen LogP contribution in [0.25, 0.3) is 0 Å². The second-order valence-corrected chi connectivity index (χ2v) is 6.28. The van der Waals surface area contributed by atoms with Gasteiger partial charge in [0, 0.05) is 33.1 Å². The fraction of sp³-hybridized carbons (Fsp3) is 0.312. The maximum Gasteiger partial charge on any atom is 0.265 e. The van der Waals surface area contributed by atoms with Gasteiger partial charge in [-0.2, -0.15) is 0 Å². The van der Waals surface area contributed by atoms with Crippen molar-refractivity contribution in [2.75, 3.05) is 36.4 Å². The van der Waals surface area contributed by atoms with Crippen LogP contribution in [0.15, 0.2) is 35.8 Å². The molecule has 2 aromatic rings. The Hall–Kier alpha value is -2.41. The monoisotopic (exact) mass is 330 g/mol. The zero-order chi connectivity index (χ0) is 16.2. The first kappa shape index (κ1) is 15.5. The second-order valence-electron chi connectivity index (χ2n) is 5.33. The summed E-state index contributed by atoms with van der Waals surface area (Å²) in [5, 5.41) is 4.71. The lowest BCUT2D eigenvalue weighted by molar-refractivity contribution is -0.129. The highest BCUT2D eigenvalue weighted by molar-refractivity contribution is 7.12. The van der Waals surface area contributed by atoms with Crippen molar-refractivity contribution in [3.05, 3.63) is 40.7 Å². The van der Waals surface area contributed by atoms with Gasteiger partial charge in [0.15, 0.2) is 0 Å². The Kier molecular flexibility index (Phi) is 4.57. The summed E-state index contributed by atoms with van der Waals surface area (Å²) in [6.45, 7) is 4.57. The quantitative estimate of drug-likeness (QED) is 0.935. The van der Waals surface area contributed by atoms with E-state index >= 15 is 0 Å². The first-order chi connectivity index (χ1) is 11.1. The fourth-order valence-electron chi connectivity index (χ4n) is 2.50. The molecule has 3 rings (SSSR count). The Bertz CT molecular complexity index is 677. The van der Waals surface area contributed by atoms with Gasteiger partial charge >= 0.3 is 0 Å². The molecule has 1 N–H and O–H groups in total. The van der Waals surface area contributed by atoms with Crippen LogP contribution < -0.4 is 10.2 Å². The van der Waals surface area contributed by atoms with Gasteiger partial charge in [0.1, 0.15) is 5.82 Å². The van der Waals surface area contributed by atoms with Gasteiger partial charge in [-0.25, -0.2) is 4.98 Å². The van der Waals surface area contributed by atoms with Crippen LogP contribution >= 0.6 is 11.3 Å². The van der Waals surface area contributed by atoms with Crippen LogP contribution in [0, 0.1) is 0 Å². The fourth-order valence-corrected chi connectivity index (χ4v) is 3.12. The Morgan fingerprint density at radius 1 is 1.17 bits per heavy atom. The number of hydrogen-bond acceptors (Lipinski definition) is 5. The molecule has 2 amide bonds. The van der Waals surface area contributed by atoms with Gasteiger partial charge < -0.3 is 15.1 Å². The minimum Gasteiger partial charge on any atom is -0.353 e. The lowest BCUT2D eigenvalue weighted by atomic mass is 10.3. The van der Waals surface area contributed by atoms with Crippen LogP contribution in [0.4, 0.5) is 11.5 Å². The van der Waals surface area contributed by atoms with Crippen molar-refractivity contribution < 1.29 is 9.59 Å². The standard InChI is InChI=1S/C16H18N4O2S/c1-12(21)19-6-8-20(9-7-19)15-5-4-13(11-17-15)18-16(22)14-3-2-10-23-14/h2-5,10-11H,6-9H2,1H3,(H,18,22). The lowest BCUT2D eigenvalue weighted by Gasteiger charge is -2.34. The zero-order valence-electron chi connectivity index (χ0n) is 12.9. The number of thiophene rings is 1. The van der Waals surface area contributed by atoms with Crippen molar-refractivity contribution in [3.8, 4) is 0 Å². The lowest BCUT2D eigenvalue weighted by Crippen LogP contribution is -2.48. The molecule has 120 valence electrons. The van der Waals surface area contributed by atoms with Crippen molar-refractivity contribution in [2.24, 2.45) is 0 Å². The molecular formula is C16H18N4O2S. The number of nitrogens with zero attached hydrogens (tertiary/aromatic N) is 3. The van der Waals surface area contributed by atoms with Crippen LogP contribution in [0.3, 0.4) is 0 Å². The molecule has 0 saturated carbocycles. The third-order valence-electron chi connectivity index (χ3n) is 3.80. The number of anilines is 2. The van der Waals surface area contributed by atoms with Crippen LogP contribution in [0.2, 0.25) is 0 Å². The summed E-state index contributed by atoms with van der Waals surface area (Å²) < 4.78 is 0. The Labute approximate surface area is 138 Å². The molecule has 0 atom stereocenters. The molecule has 0 unspecified atom stereocenters. The number of carbonyl (C=O) groups excluding carboxylic acids is 2. The van der Waals surface area contributed by atoms with E-state index in [4.69, 9.17) is 0 Å². The van der Waals surface area contributed by atoms with Gasteiger partial charge in [-0.3, -0.25) is 9.59 Å². The van der Waals surface area contributed by atoms with Gasteiger partial charge in [-0.15, -0.1) is 11.3 Å². The highest BCUT2D eigenvalue weighted by Crippen LogP contribution is 2.17. The van der Waals surface area contributed by atoms with E-state index in [0.717, 1.165) is 18.9 Å². The van der Waals surface area contributed by atoms with E-state index in [9.17, 15) is 9.59 Å². The summed E-state index contributed by atoms with van der Waals surface area (Å²) in [7, 11) is 0. The molecule has 3 heterocycles. The number of pyridine rings is 1. The molecule has 2 aromatic heterocycles. The highest BCUT2D eigenvalue weighted by atomic mass is 32.1. The minimum absolute atomic E-state index is 0.115. The molecule has 0 spiro atoms. The Balaban J connectivity index is 1.59. The van der Waals surface area contributed by atoms with Crippen LogP contribution in [-0.4, -0.2) is 47.9 Å². The smallest absolute Gasteiger partial charge is 0.265 e. The maximum atomic E-state index is 12.0. The normalized spacial score (nSPS) is 14.7. The summed E-state index contributed by atoms with van der Waals surface area (Å²) >= 11 is 1.41. The summed E-state index contributed by atoms with van der Waals surface area (Å²) in [5.74, 6) is 0.858. The average molecular weight is 330 g/mol. The van der Waals surface area contributed by atoms with Crippen LogP contribution in [-0.2, 0) is 4.79 Å². The maximum absolute atomic E-state index is 12.0. The molecule has 23 heavy (non-hydrogen) atoms. The van der Waals surface area contributed by atoms with Crippen molar-refractivity contribution in [2.45, 2.75) is 6.92 Å². The molecular weight excluding hydrogens is 312 g/mol. The highest BCUT2D eigenvalue weighted by Gasteiger charge is 2.19. The molecule has 1 aliphatic rings. The minimum atomic E-state index is -0.121. The number of amides is 2. The number of aromatic nitrogens is 1. The van der Waals surface area contributed by atoms with Crippen molar-refractivity contribution >= 4 is 34.7 Å². The van der Waals surface area contributed by atoms with Gasteiger partial charge in [0.25, 0.3) is 5.91 Å². The van der Waals surface area contributed by atoms with Gasteiger partial charge in [0.05, 0.1) is 16.8 Å². The topological polar surface area (TPSA) is 65.5 Å². The summed E-state index contributed by atoms with van der Waals surface area (Å²) in [4.78, 5) is 32.4. The number of hydrogen-bond donors (Lipinski definition) is 1. The molecule has 7 heteroatoms. The third kappa shape index (κ3) is 3.68. The second kappa shape index (κ2) is 6.78. The van der Waals surface area contributed by atoms with Crippen LogP contribution in [0.5, 0.6) is 0 Å². The van der Waals surface area contributed by atoms with E-state index in [-0.39, 0.29) is 11.8 Å². The molecule has 0 bridgehead atoms. The molecule has 0 radical (unpaired) electrons. The SMILES string of the molecule is CC(=O)N1CCN(c2ccc(NC(=O)c3cccs3)cn2)CC1. The summed E-state index contributed by atoms with van der Waals surface area (Å²) in [6, 6.07) is 7.39. The first-order valence-corrected chi connectivity index (χ1v) is 8.33. The molecule has 0 aliphatic carbocycles. The van der Waals surface area contributed by atoms with E-state index < -0.39 is 0 Å². The van der Waals surface area contributed by atoms with E-state index in [2.05, 4.69) is 15.2 Å². The summed E-state index contributed by atoms with van der Waals surface area (Å²) in [5.41, 5.74) is 0.675. The van der Waals surface area contributed by atoms with E-state index in [1.54, 1.807) is 19.2 Å². The number of rotatable bonds is 3. The molecule has 1 saturated heterocycles. The van der Waals surface area contributed by atoms with Crippen LogP contribution in [0.1, 0.15) is 16.6 Å². The van der Waals surface area contributed by atoms with Gasteiger partial charge in [0.2, 0.25) is 5.91 Å². The van der Waals surface area contributed by atoms with Crippen molar-refractivity contribution in [1.82, 2.24) is 9.88 Å². The van der Waals surface area contributed by atoms with Crippen molar-refractivity contribution in [1.29, 1.82) is 0 Å². The largest absolute Gasteiger partial charge is 0.353 e. The molecule has 1 aliphatic heterocycles. The Morgan fingerprint density at radius 3 is 2.52 bits per heavy atom. The first-order valence-electron chi connectivity index (χ1n) is 7.45. The molecule has 0 aromatic carbocycles. The average Bonchev–Trinajstić information content (AvgIpc) is 3.10. The summed E-state index contributed by atoms with van der Waals surface area (Å²) in [6.07, 6.45) is 1.66. The van der Waals surface area contributed by atoms with Gasteiger partial charge in [-0.1, -0.05) is 6.07 Å². The third-order valence-corrected chi connectivity index (χ3v) is 4.67. The molecule has 1 fully saturated rings. The van der Waals surface area contributed by atoms with Crippen molar-refractivity contribution in [3.63, 3.8) is 0 Å². The Morgan fingerprint density at radius 2 is 1.96 bits per heavy atom. The number of nitrogens with one attached hydrogen (secondary N) is 1. The molecule has 6 nitrogen and oxygen atoms in total. The zero-order valence-corrected chi connectivity index (χ0v) is 13.7.